The van der Waals surface area contributed by atoms with Crippen molar-refractivity contribution in [1.82, 2.24) is 15.5 Å². The Morgan fingerprint density at radius 3 is 2.74 bits per heavy atom. The minimum absolute atomic E-state index is 0.0797. The molecule has 6 heteroatoms. The number of ether oxygens (including phenoxy) is 1. The van der Waals surface area contributed by atoms with Gasteiger partial charge in [-0.25, -0.2) is 0 Å². The third-order valence-electron chi connectivity index (χ3n) is 4.25. The maximum atomic E-state index is 12.0. The molecular formula is C17H23N3O3. The van der Waals surface area contributed by atoms with E-state index in [1.807, 2.05) is 29.2 Å². The van der Waals surface area contributed by atoms with E-state index in [2.05, 4.69) is 10.6 Å². The van der Waals surface area contributed by atoms with Gasteiger partial charge in [0.2, 0.25) is 5.91 Å². The van der Waals surface area contributed by atoms with Crippen LogP contribution in [0.4, 0.5) is 0 Å². The van der Waals surface area contributed by atoms with Crippen LogP contribution in [0.1, 0.15) is 24.0 Å². The summed E-state index contributed by atoms with van der Waals surface area (Å²) < 4.78 is 5.42. The lowest BCUT2D eigenvalue weighted by Gasteiger charge is -2.22. The van der Waals surface area contributed by atoms with E-state index in [1.165, 1.54) is 0 Å². The smallest absolute Gasteiger partial charge is 0.250 e. The molecule has 1 atom stereocenters. The second-order valence-electron chi connectivity index (χ2n) is 6.02. The fourth-order valence-corrected chi connectivity index (χ4v) is 2.89. The Hall–Kier alpha value is -1.92. The summed E-state index contributed by atoms with van der Waals surface area (Å²) in [6, 6.07) is 8.03. The molecule has 0 saturated carbocycles. The van der Waals surface area contributed by atoms with Gasteiger partial charge in [0.25, 0.3) is 5.91 Å². The van der Waals surface area contributed by atoms with E-state index in [0.717, 1.165) is 30.6 Å². The Kier molecular flexibility index (Phi) is 5.25. The first-order valence-electron chi connectivity index (χ1n) is 8.18. The van der Waals surface area contributed by atoms with Crippen LogP contribution in [0.2, 0.25) is 0 Å². The Morgan fingerprint density at radius 2 is 2.09 bits per heavy atom. The quantitative estimate of drug-likeness (QED) is 0.825. The molecule has 0 aliphatic carbocycles. The lowest BCUT2D eigenvalue weighted by atomic mass is 10.1. The second-order valence-corrected chi connectivity index (χ2v) is 6.02. The van der Waals surface area contributed by atoms with Gasteiger partial charge in [-0.2, -0.15) is 0 Å². The highest BCUT2D eigenvalue weighted by Gasteiger charge is 2.21. The van der Waals surface area contributed by atoms with E-state index in [0.29, 0.717) is 32.7 Å². The van der Waals surface area contributed by atoms with E-state index in [4.69, 9.17) is 4.74 Å². The number of hydrogen-bond acceptors (Lipinski definition) is 4. The van der Waals surface area contributed by atoms with Gasteiger partial charge in [0.05, 0.1) is 6.61 Å². The van der Waals surface area contributed by atoms with Crippen molar-refractivity contribution in [3.05, 3.63) is 35.4 Å². The Bertz CT molecular complexity index is 553. The molecule has 0 radical (unpaired) electrons. The normalized spacial score (nSPS) is 21.5. The summed E-state index contributed by atoms with van der Waals surface area (Å²) in [5, 5.41) is 6.04. The van der Waals surface area contributed by atoms with Gasteiger partial charge >= 0.3 is 0 Å². The molecule has 6 nitrogen and oxygen atoms in total. The summed E-state index contributed by atoms with van der Waals surface area (Å²) in [5.74, 6) is 0.159. The summed E-state index contributed by atoms with van der Waals surface area (Å²) in [6.45, 7) is 3.95. The SMILES string of the molecule is O=C(NCc1ccc(CN2CCCC2=O)cc1)C1CNCCO1. The number of carbonyl (C=O) groups excluding carboxylic acids is 2. The van der Waals surface area contributed by atoms with Gasteiger partial charge in [0, 0.05) is 39.1 Å². The Labute approximate surface area is 136 Å². The van der Waals surface area contributed by atoms with Crippen LogP contribution in [-0.4, -0.2) is 49.1 Å². The molecule has 3 rings (SSSR count). The van der Waals surface area contributed by atoms with E-state index in [9.17, 15) is 9.59 Å². The van der Waals surface area contributed by atoms with Gasteiger partial charge in [0.1, 0.15) is 6.10 Å². The molecule has 2 heterocycles. The topological polar surface area (TPSA) is 70.7 Å². The van der Waals surface area contributed by atoms with Gasteiger partial charge in [-0.15, -0.1) is 0 Å². The van der Waals surface area contributed by atoms with Gasteiger partial charge in [-0.05, 0) is 17.5 Å². The first-order valence-corrected chi connectivity index (χ1v) is 8.18. The van der Waals surface area contributed by atoms with Crippen molar-refractivity contribution in [2.45, 2.75) is 32.0 Å². The number of carbonyl (C=O) groups is 2. The van der Waals surface area contributed by atoms with Gasteiger partial charge in [-0.1, -0.05) is 24.3 Å². The van der Waals surface area contributed by atoms with Crippen LogP contribution < -0.4 is 10.6 Å². The molecule has 1 aromatic carbocycles. The monoisotopic (exact) mass is 317 g/mol. The third kappa shape index (κ3) is 4.30. The number of rotatable bonds is 5. The summed E-state index contributed by atoms with van der Waals surface area (Å²) >= 11 is 0. The maximum Gasteiger partial charge on any atom is 0.250 e. The lowest BCUT2D eigenvalue weighted by molar-refractivity contribution is -0.134. The van der Waals surface area contributed by atoms with Crippen LogP contribution in [0.15, 0.2) is 24.3 Å². The Morgan fingerprint density at radius 1 is 1.30 bits per heavy atom. The summed E-state index contributed by atoms with van der Waals surface area (Å²) in [7, 11) is 0. The average Bonchev–Trinajstić information content (AvgIpc) is 2.99. The van der Waals surface area contributed by atoms with Crippen molar-refractivity contribution in [3.8, 4) is 0 Å². The standard InChI is InChI=1S/C17H23N3O3/c21-16-2-1-8-20(16)12-14-5-3-13(4-6-14)10-19-17(22)15-11-18-7-9-23-15/h3-6,15,18H,1-2,7-12H2,(H,19,22). The average molecular weight is 317 g/mol. The molecule has 2 saturated heterocycles. The summed E-state index contributed by atoms with van der Waals surface area (Å²) in [6.07, 6.45) is 1.23. The molecule has 2 aliphatic heterocycles. The first kappa shape index (κ1) is 16.0. The van der Waals surface area contributed by atoms with E-state index >= 15 is 0 Å². The van der Waals surface area contributed by atoms with E-state index in [-0.39, 0.29) is 11.8 Å². The van der Waals surface area contributed by atoms with Crippen molar-refractivity contribution >= 4 is 11.8 Å². The maximum absolute atomic E-state index is 12.0. The highest BCUT2D eigenvalue weighted by Crippen LogP contribution is 2.14. The van der Waals surface area contributed by atoms with Gasteiger partial charge < -0.3 is 20.3 Å². The predicted octanol–water partition coefficient (Wildman–Crippen LogP) is 0.414. The number of nitrogens with zero attached hydrogens (tertiary/aromatic N) is 1. The Balaban J connectivity index is 1.47. The van der Waals surface area contributed by atoms with Crippen LogP contribution in [-0.2, 0) is 27.4 Å². The molecular weight excluding hydrogens is 294 g/mol. The molecule has 1 unspecified atom stereocenters. The van der Waals surface area contributed by atoms with Gasteiger partial charge in [-0.3, -0.25) is 9.59 Å². The highest BCUT2D eigenvalue weighted by molar-refractivity contribution is 5.81. The number of morpholine rings is 1. The van der Waals surface area contributed by atoms with Crippen molar-refractivity contribution in [1.29, 1.82) is 0 Å². The largest absolute Gasteiger partial charge is 0.366 e. The summed E-state index contributed by atoms with van der Waals surface area (Å²) in [4.78, 5) is 25.5. The van der Waals surface area contributed by atoms with Crippen LogP contribution in [0.25, 0.3) is 0 Å². The minimum Gasteiger partial charge on any atom is -0.366 e. The molecule has 2 N–H and O–H groups in total. The second kappa shape index (κ2) is 7.57. The van der Waals surface area contributed by atoms with Crippen molar-refractivity contribution in [2.24, 2.45) is 0 Å². The number of likely N-dealkylation sites (tertiary alicyclic amines) is 1. The zero-order valence-electron chi connectivity index (χ0n) is 13.2. The number of amides is 2. The van der Waals surface area contributed by atoms with Crippen molar-refractivity contribution in [2.75, 3.05) is 26.2 Å². The zero-order valence-corrected chi connectivity index (χ0v) is 13.2. The third-order valence-corrected chi connectivity index (χ3v) is 4.25. The molecule has 2 aliphatic rings. The van der Waals surface area contributed by atoms with Crippen LogP contribution in [0.5, 0.6) is 0 Å². The number of hydrogen-bond donors (Lipinski definition) is 2. The van der Waals surface area contributed by atoms with Crippen molar-refractivity contribution in [3.63, 3.8) is 0 Å². The van der Waals surface area contributed by atoms with Crippen LogP contribution in [0.3, 0.4) is 0 Å². The summed E-state index contributed by atoms with van der Waals surface area (Å²) in [5.41, 5.74) is 2.16. The fraction of sp³-hybridized carbons (Fsp3) is 0.529. The lowest BCUT2D eigenvalue weighted by Crippen LogP contribution is -2.47. The van der Waals surface area contributed by atoms with Crippen molar-refractivity contribution < 1.29 is 14.3 Å². The number of benzene rings is 1. The fourth-order valence-electron chi connectivity index (χ4n) is 2.89. The zero-order chi connectivity index (χ0) is 16.1. The minimum atomic E-state index is -0.399. The van der Waals surface area contributed by atoms with Crippen LogP contribution >= 0.6 is 0 Å². The molecule has 0 aromatic heterocycles. The number of nitrogens with one attached hydrogen (secondary N) is 2. The molecule has 2 fully saturated rings. The molecule has 23 heavy (non-hydrogen) atoms. The molecule has 0 bridgehead atoms. The highest BCUT2D eigenvalue weighted by atomic mass is 16.5. The molecule has 124 valence electrons. The molecule has 2 amide bonds. The molecule has 0 spiro atoms. The van der Waals surface area contributed by atoms with Gasteiger partial charge in [0.15, 0.2) is 0 Å². The van der Waals surface area contributed by atoms with Crippen LogP contribution in [0, 0.1) is 0 Å². The predicted molar refractivity (Wildman–Crippen MR) is 85.5 cm³/mol. The van der Waals surface area contributed by atoms with E-state index in [1.54, 1.807) is 0 Å². The first-order chi connectivity index (χ1) is 11.2. The van der Waals surface area contributed by atoms with E-state index < -0.39 is 6.10 Å². The molecule has 1 aromatic rings.